The molecule has 0 aliphatic carbocycles. The molecule has 0 aliphatic heterocycles. The van der Waals surface area contributed by atoms with Crippen LogP contribution in [-0.2, 0) is 4.79 Å². The minimum Gasteiger partial charge on any atom is -0.478 e. The zero-order valence-corrected chi connectivity index (χ0v) is 11.4. The number of benzene rings is 1. The number of carbonyl (C=O) groups excluding carboxylic acids is 1. The zero-order valence-electron chi connectivity index (χ0n) is 11.4. The lowest BCUT2D eigenvalue weighted by molar-refractivity contribution is -0.116. The molecule has 1 aromatic rings. The fraction of sp³-hybridized carbons (Fsp3) is 0.429. The Hall–Kier alpha value is -1.95. The molecule has 0 saturated carbocycles. The van der Waals surface area contributed by atoms with Crippen molar-refractivity contribution in [2.45, 2.75) is 26.2 Å². The minimum atomic E-state index is -1.41. The quantitative estimate of drug-likeness (QED) is 0.715. The number of rotatable bonds is 7. The molecule has 1 unspecified atom stereocenters. The van der Waals surface area contributed by atoms with Crippen LogP contribution in [0.1, 0.15) is 36.5 Å². The number of nitrogens with two attached hydrogens (primary N) is 1. The molecule has 0 saturated heterocycles. The van der Waals surface area contributed by atoms with Gasteiger partial charge in [0.2, 0.25) is 5.91 Å². The van der Waals surface area contributed by atoms with Crippen LogP contribution in [0.4, 0.5) is 10.1 Å². The van der Waals surface area contributed by atoms with Crippen molar-refractivity contribution in [1.82, 2.24) is 0 Å². The molecule has 0 heterocycles. The lowest BCUT2D eigenvalue weighted by atomic mass is 10.0. The summed E-state index contributed by atoms with van der Waals surface area (Å²) >= 11 is 0. The summed E-state index contributed by atoms with van der Waals surface area (Å²) in [6.45, 7) is 2.56. The Morgan fingerprint density at radius 1 is 1.40 bits per heavy atom. The number of anilines is 1. The molecule has 0 fully saturated rings. The number of hydrogen-bond acceptors (Lipinski definition) is 3. The van der Waals surface area contributed by atoms with E-state index in [4.69, 9.17) is 10.8 Å². The average molecular weight is 282 g/mol. The second-order valence-corrected chi connectivity index (χ2v) is 4.74. The minimum absolute atomic E-state index is 0.0195. The van der Waals surface area contributed by atoms with Crippen LogP contribution < -0.4 is 11.1 Å². The molecular formula is C14H19FN2O3. The molecule has 1 atom stereocenters. The van der Waals surface area contributed by atoms with Gasteiger partial charge in [-0.15, -0.1) is 0 Å². The lowest BCUT2D eigenvalue weighted by Gasteiger charge is -2.11. The van der Waals surface area contributed by atoms with Crippen LogP contribution in [0.5, 0.6) is 0 Å². The molecule has 1 aromatic carbocycles. The van der Waals surface area contributed by atoms with Gasteiger partial charge in [0.15, 0.2) is 0 Å². The fourth-order valence-corrected chi connectivity index (χ4v) is 1.86. The number of carboxylic acids is 1. The van der Waals surface area contributed by atoms with Gasteiger partial charge in [0.1, 0.15) is 11.4 Å². The van der Waals surface area contributed by atoms with E-state index in [1.165, 1.54) is 12.1 Å². The van der Waals surface area contributed by atoms with Gasteiger partial charge in [0.05, 0.1) is 5.69 Å². The predicted molar refractivity (Wildman–Crippen MR) is 74.1 cm³/mol. The summed E-state index contributed by atoms with van der Waals surface area (Å²) in [4.78, 5) is 22.7. The lowest BCUT2D eigenvalue weighted by Crippen LogP contribution is -2.16. The van der Waals surface area contributed by atoms with Gasteiger partial charge in [-0.05, 0) is 37.4 Å². The van der Waals surface area contributed by atoms with E-state index in [9.17, 15) is 14.0 Å². The van der Waals surface area contributed by atoms with Gasteiger partial charge in [-0.2, -0.15) is 0 Å². The second-order valence-electron chi connectivity index (χ2n) is 4.74. The molecule has 0 bridgehead atoms. The first kappa shape index (κ1) is 16.1. The normalized spacial score (nSPS) is 11.9. The van der Waals surface area contributed by atoms with Crippen molar-refractivity contribution >= 4 is 17.6 Å². The van der Waals surface area contributed by atoms with Crippen LogP contribution in [0.15, 0.2) is 18.2 Å². The molecule has 0 spiro atoms. The molecule has 110 valence electrons. The number of aromatic carboxylic acids is 1. The Labute approximate surface area is 117 Å². The first-order valence-electron chi connectivity index (χ1n) is 6.47. The zero-order chi connectivity index (χ0) is 15.1. The van der Waals surface area contributed by atoms with E-state index in [2.05, 4.69) is 5.32 Å². The Kier molecular flexibility index (Phi) is 6.11. The Bertz CT molecular complexity index is 491. The van der Waals surface area contributed by atoms with Gasteiger partial charge >= 0.3 is 5.97 Å². The van der Waals surface area contributed by atoms with E-state index in [0.717, 1.165) is 12.5 Å². The average Bonchev–Trinajstić information content (AvgIpc) is 2.36. The number of amides is 1. The smallest absolute Gasteiger partial charge is 0.340 e. The van der Waals surface area contributed by atoms with E-state index >= 15 is 0 Å². The van der Waals surface area contributed by atoms with E-state index in [1.807, 2.05) is 6.92 Å². The van der Waals surface area contributed by atoms with Gasteiger partial charge in [0, 0.05) is 6.42 Å². The van der Waals surface area contributed by atoms with Crippen LogP contribution in [-0.4, -0.2) is 23.5 Å². The van der Waals surface area contributed by atoms with E-state index in [1.54, 1.807) is 0 Å². The third-order valence-corrected chi connectivity index (χ3v) is 3.03. The number of nitrogens with one attached hydrogen (secondary N) is 1. The second kappa shape index (κ2) is 7.59. The summed E-state index contributed by atoms with van der Waals surface area (Å²) in [6.07, 6.45) is 1.73. The fourth-order valence-electron chi connectivity index (χ4n) is 1.86. The summed E-state index contributed by atoms with van der Waals surface area (Å²) < 4.78 is 13.4. The maximum atomic E-state index is 13.4. The number of halogens is 1. The summed E-state index contributed by atoms with van der Waals surface area (Å²) in [5.74, 6) is -2.29. The predicted octanol–water partition coefficient (Wildman–Crippen LogP) is 2.23. The van der Waals surface area contributed by atoms with Crippen LogP contribution in [0.2, 0.25) is 0 Å². The topological polar surface area (TPSA) is 92.4 Å². The van der Waals surface area contributed by atoms with Crippen molar-refractivity contribution in [2.75, 3.05) is 11.9 Å². The van der Waals surface area contributed by atoms with Crippen LogP contribution in [0, 0.1) is 11.7 Å². The molecule has 0 radical (unpaired) electrons. The summed E-state index contributed by atoms with van der Waals surface area (Å²) in [6, 6.07) is 3.77. The van der Waals surface area contributed by atoms with E-state index < -0.39 is 17.3 Å². The molecule has 0 aliphatic rings. The Morgan fingerprint density at radius 3 is 2.70 bits per heavy atom. The number of hydrogen-bond donors (Lipinski definition) is 3. The highest BCUT2D eigenvalue weighted by Gasteiger charge is 2.17. The highest BCUT2D eigenvalue weighted by atomic mass is 19.1. The van der Waals surface area contributed by atoms with Crippen molar-refractivity contribution in [2.24, 2.45) is 11.7 Å². The summed E-state index contributed by atoms with van der Waals surface area (Å²) in [5.41, 5.74) is 4.88. The van der Waals surface area contributed by atoms with Gasteiger partial charge in [-0.3, -0.25) is 4.79 Å². The highest BCUT2D eigenvalue weighted by Crippen LogP contribution is 2.19. The number of carbonyl (C=O) groups is 2. The number of carboxylic acid groups (broad SMARTS) is 1. The molecule has 1 rings (SSSR count). The molecule has 6 heteroatoms. The maximum Gasteiger partial charge on any atom is 0.340 e. The van der Waals surface area contributed by atoms with Crippen LogP contribution >= 0.6 is 0 Å². The standard InChI is InChI=1S/C14H19FN2O3/c1-9(7-8-16)5-6-12(18)17-11-4-2-3-10(15)13(11)14(19)20/h2-4,9H,5-8,16H2,1H3,(H,17,18)(H,19,20). The maximum absolute atomic E-state index is 13.4. The molecule has 1 amide bonds. The largest absolute Gasteiger partial charge is 0.478 e. The summed E-state index contributed by atoms with van der Waals surface area (Å²) in [7, 11) is 0. The van der Waals surface area contributed by atoms with Crippen molar-refractivity contribution in [3.63, 3.8) is 0 Å². The van der Waals surface area contributed by atoms with Gasteiger partial charge < -0.3 is 16.2 Å². The third kappa shape index (κ3) is 4.62. The first-order chi connectivity index (χ1) is 9.45. The Balaban J connectivity index is 2.67. The third-order valence-electron chi connectivity index (χ3n) is 3.03. The highest BCUT2D eigenvalue weighted by molar-refractivity contribution is 6.00. The van der Waals surface area contributed by atoms with Crippen molar-refractivity contribution in [1.29, 1.82) is 0 Å². The monoisotopic (exact) mass is 282 g/mol. The first-order valence-corrected chi connectivity index (χ1v) is 6.47. The van der Waals surface area contributed by atoms with Crippen LogP contribution in [0.3, 0.4) is 0 Å². The van der Waals surface area contributed by atoms with Crippen LogP contribution in [0.25, 0.3) is 0 Å². The van der Waals surface area contributed by atoms with Crippen molar-refractivity contribution in [3.8, 4) is 0 Å². The van der Waals surface area contributed by atoms with Crippen molar-refractivity contribution in [3.05, 3.63) is 29.6 Å². The Morgan fingerprint density at radius 2 is 2.10 bits per heavy atom. The van der Waals surface area contributed by atoms with Crippen molar-refractivity contribution < 1.29 is 19.1 Å². The van der Waals surface area contributed by atoms with Gasteiger partial charge in [-0.1, -0.05) is 13.0 Å². The van der Waals surface area contributed by atoms with Gasteiger partial charge in [-0.25, -0.2) is 9.18 Å². The van der Waals surface area contributed by atoms with E-state index in [0.29, 0.717) is 18.9 Å². The molecule has 5 nitrogen and oxygen atoms in total. The van der Waals surface area contributed by atoms with E-state index in [-0.39, 0.29) is 18.0 Å². The molecule has 0 aromatic heterocycles. The molecule has 4 N–H and O–H groups in total. The summed E-state index contributed by atoms with van der Waals surface area (Å²) in [5, 5.41) is 11.4. The molecular weight excluding hydrogens is 263 g/mol. The SMILES string of the molecule is CC(CCN)CCC(=O)Nc1cccc(F)c1C(=O)O. The molecule has 20 heavy (non-hydrogen) atoms. The van der Waals surface area contributed by atoms with Gasteiger partial charge in [0.25, 0.3) is 0 Å².